The van der Waals surface area contributed by atoms with E-state index < -0.39 is 20.0 Å². The first-order valence-electron chi connectivity index (χ1n) is 17.1. The third-order valence-electron chi connectivity index (χ3n) is 8.04. The Morgan fingerprint density at radius 1 is 0.576 bits per heavy atom. The van der Waals surface area contributed by atoms with Gasteiger partial charge < -0.3 is 26.4 Å². The van der Waals surface area contributed by atoms with Gasteiger partial charge >= 0.3 is 0 Å². The number of nitrogens with one attached hydrogen (secondary N) is 4. The molecule has 6 rings (SSSR count). The number of aliphatic hydroxyl groups is 1. The number of hydrogen-bond acceptors (Lipinski definition) is 13. The molecular weight excluding hydrogens is 882 g/mol. The lowest BCUT2D eigenvalue weighted by atomic mass is 10.2. The van der Waals surface area contributed by atoms with Crippen LogP contribution in [0.25, 0.3) is 0 Å². The van der Waals surface area contributed by atoms with Crippen molar-refractivity contribution in [3.8, 4) is 0 Å². The molecule has 0 aliphatic rings. The maximum Gasteiger partial charge on any atom is 0.244 e. The van der Waals surface area contributed by atoms with Crippen molar-refractivity contribution in [3.05, 3.63) is 131 Å². The topological polar surface area (TPSA) is 195 Å². The maximum absolute atomic E-state index is 12.6. The summed E-state index contributed by atoms with van der Waals surface area (Å²) in [6.07, 6.45) is 2.86. The molecule has 21 heteroatoms. The fourth-order valence-corrected chi connectivity index (χ4v) is 7.43. The van der Waals surface area contributed by atoms with E-state index in [1.54, 1.807) is 60.7 Å². The Labute approximate surface area is 364 Å². The third kappa shape index (κ3) is 12.1. The SMILES string of the molecule is CN(C)S(=O)(=O)c1ccccc1Nc1nc(Nc2ccc(CCl)cc2)ncc1Cl.CN(C)S(=O)(=O)c1ccccc1Nc1nc(Nc2ccc(CO)cc2)ncc1Cl.Cl. The van der Waals surface area contributed by atoms with Gasteiger partial charge in [0, 0.05) is 45.4 Å². The minimum atomic E-state index is -3.66. The standard InChI is InChI=1S/C19H19Cl2N5O2S.C19H20ClN5O3S.ClH/c1-26(2)29(27,28)17-6-4-3-5-16(17)24-18-15(21)12-22-19(25-18)23-14-9-7-13(11-20)8-10-14;1-25(2)29(27,28)17-6-4-3-5-16(17)23-18-15(20)11-21-19(24-18)22-14-9-7-13(12-26)8-10-14;/h3-10,12H,11H2,1-2H3,(H2,22,23,24,25);3-11,26H,12H2,1-2H3,(H2,21,22,23,24);1H. The van der Waals surface area contributed by atoms with E-state index in [9.17, 15) is 16.8 Å². The highest BCUT2D eigenvalue weighted by molar-refractivity contribution is 7.89. The van der Waals surface area contributed by atoms with E-state index in [2.05, 4.69) is 41.2 Å². The number of hydrogen-bond donors (Lipinski definition) is 5. The lowest BCUT2D eigenvalue weighted by Gasteiger charge is -2.16. The first-order chi connectivity index (χ1) is 27.6. The van der Waals surface area contributed by atoms with Gasteiger partial charge in [0.1, 0.15) is 19.8 Å². The summed E-state index contributed by atoms with van der Waals surface area (Å²) in [5.41, 5.74) is 4.00. The van der Waals surface area contributed by atoms with Crippen molar-refractivity contribution in [3.63, 3.8) is 0 Å². The normalized spacial score (nSPS) is 11.3. The zero-order valence-electron chi connectivity index (χ0n) is 31.9. The maximum atomic E-state index is 12.6. The van der Waals surface area contributed by atoms with Gasteiger partial charge in [-0.15, -0.1) is 24.0 Å². The molecule has 2 heterocycles. The summed E-state index contributed by atoms with van der Waals surface area (Å²) < 4.78 is 52.6. The number of aromatic nitrogens is 4. The van der Waals surface area contributed by atoms with Gasteiger partial charge in [-0.1, -0.05) is 71.7 Å². The van der Waals surface area contributed by atoms with Crippen molar-refractivity contribution in [2.24, 2.45) is 0 Å². The molecule has 4 aromatic carbocycles. The van der Waals surface area contributed by atoms with E-state index in [1.165, 1.54) is 52.7 Å². The molecule has 312 valence electrons. The number of alkyl halides is 1. The summed E-state index contributed by atoms with van der Waals surface area (Å²) in [6.45, 7) is -0.0406. The van der Waals surface area contributed by atoms with Crippen molar-refractivity contribution in [2.75, 3.05) is 49.5 Å². The summed E-state index contributed by atoms with van der Waals surface area (Å²) in [5.74, 6) is 1.56. The van der Waals surface area contributed by atoms with Gasteiger partial charge in [-0.3, -0.25) is 0 Å². The summed E-state index contributed by atoms with van der Waals surface area (Å²) in [5, 5.41) is 21.7. The smallest absolute Gasteiger partial charge is 0.244 e. The average molecular weight is 923 g/mol. The van der Waals surface area contributed by atoms with Gasteiger partial charge in [0.2, 0.25) is 31.9 Å². The number of sulfonamides is 2. The van der Waals surface area contributed by atoms with Crippen LogP contribution in [-0.4, -0.2) is 78.7 Å². The van der Waals surface area contributed by atoms with Crippen molar-refractivity contribution in [2.45, 2.75) is 22.3 Å². The highest BCUT2D eigenvalue weighted by Gasteiger charge is 2.23. The summed E-state index contributed by atoms with van der Waals surface area (Å²) in [6, 6.07) is 27.7. The molecule has 0 saturated carbocycles. The second-order valence-electron chi connectivity index (χ2n) is 12.5. The first-order valence-corrected chi connectivity index (χ1v) is 21.3. The average Bonchev–Trinajstić information content (AvgIpc) is 3.21. The molecule has 6 aromatic rings. The molecule has 5 N–H and O–H groups in total. The monoisotopic (exact) mass is 920 g/mol. The first kappa shape index (κ1) is 46.9. The molecule has 0 saturated heterocycles. The molecule has 0 atom stereocenters. The van der Waals surface area contributed by atoms with Crippen LogP contribution < -0.4 is 21.3 Å². The Morgan fingerprint density at radius 2 is 0.949 bits per heavy atom. The van der Waals surface area contributed by atoms with Crippen molar-refractivity contribution < 1.29 is 21.9 Å². The molecule has 59 heavy (non-hydrogen) atoms. The fraction of sp³-hybridized carbons (Fsp3) is 0.158. The summed E-state index contributed by atoms with van der Waals surface area (Å²) in [4.78, 5) is 17.3. The van der Waals surface area contributed by atoms with E-state index in [1.807, 2.05) is 24.3 Å². The number of halogens is 4. The predicted octanol–water partition coefficient (Wildman–Crippen LogP) is 8.39. The highest BCUT2D eigenvalue weighted by Crippen LogP contribution is 2.31. The van der Waals surface area contributed by atoms with Crippen molar-refractivity contribution in [1.82, 2.24) is 28.5 Å². The number of benzene rings is 4. The molecule has 2 aromatic heterocycles. The van der Waals surface area contributed by atoms with Crippen molar-refractivity contribution >= 4 is 114 Å². The van der Waals surface area contributed by atoms with Crippen LogP contribution >= 0.6 is 47.2 Å². The molecule has 0 spiro atoms. The number of aliphatic hydroxyl groups excluding tert-OH is 1. The summed E-state index contributed by atoms with van der Waals surface area (Å²) >= 11 is 18.2. The van der Waals surface area contributed by atoms with Crippen LogP contribution in [0.3, 0.4) is 0 Å². The van der Waals surface area contributed by atoms with Crippen LogP contribution in [0.15, 0.2) is 119 Å². The highest BCUT2D eigenvalue weighted by atomic mass is 35.5. The summed E-state index contributed by atoms with van der Waals surface area (Å²) in [7, 11) is -1.43. The minimum Gasteiger partial charge on any atom is -0.392 e. The largest absolute Gasteiger partial charge is 0.392 e. The van der Waals surface area contributed by atoms with Crippen LogP contribution in [0, 0.1) is 0 Å². The molecule has 0 amide bonds. The van der Waals surface area contributed by atoms with Crippen molar-refractivity contribution in [1.29, 1.82) is 0 Å². The second-order valence-corrected chi connectivity index (χ2v) is 17.9. The number of nitrogens with zero attached hydrogens (tertiary/aromatic N) is 6. The van der Waals surface area contributed by atoms with Gasteiger partial charge in [-0.25, -0.2) is 35.4 Å². The van der Waals surface area contributed by atoms with Crippen LogP contribution in [0.2, 0.25) is 10.0 Å². The Kier molecular flexibility index (Phi) is 16.6. The van der Waals surface area contributed by atoms with E-state index in [-0.39, 0.29) is 56.4 Å². The molecule has 0 aliphatic carbocycles. The molecule has 0 radical (unpaired) electrons. The van der Waals surface area contributed by atoms with Gasteiger partial charge in [0.15, 0.2) is 11.6 Å². The molecule has 0 bridgehead atoms. The number of anilines is 8. The molecular formula is C38H40Cl4N10O5S2. The van der Waals surface area contributed by atoms with Crippen LogP contribution in [0.5, 0.6) is 0 Å². The zero-order chi connectivity index (χ0) is 42.0. The predicted molar refractivity (Wildman–Crippen MR) is 237 cm³/mol. The van der Waals surface area contributed by atoms with Gasteiger partial charge in [-0.05, 0) is 59.7 Å². The van der Waals surface area contributed by atoms with Crippen LogP contribution in [0.1, 0.15) is 11.1 Å². The Balaban J connectivity index is 0.000000256. The van der Waals surface area contributed by atoms with Gasteiger partial charge in [-0.2, -0.15) is 9.97 Å². The Hall–Kier alpha value is -4.82. The Morgan fingerprint density at radius 3 is 1.31 bits per heavy atom. The van der Waals surface area contributed by atoms with Crippen LogP contribution in [0.4, 0.5) is 46.3 Å². The molecule has 0 fully saturated rings. The van der Waals surface area contributed by atoms with E-state index in [0.29, 0.717) is 23.2 Å². The zero-order valence-corrected chi connectivity index (χ0v) is 36.6. The van der Waals surface area contributed by atoms with E-state index >= 15 is 0 Å². The van der Waals surface area contributed by atoms with E-state index in [0.717, 1.165) is 31.1 Å². The molecule has 0 unspecified atom stereocenters. The third-order valence-corrected chi connectivity index (χ3v) is 12.7. The van der Waals surface area contributed by atoms with Gasteiger partial charge in [0.05, 0.1) is 30.4 Å². The Bertz CT molecular complexity index is 2390. The molecule has 15 nitrogen and oxygen atoms in total. The van der Waals surface area contributed by atoms with Crippen LogP contribution in [-0.2, 0) is 32.5 Å². The van der Waals surface area contributed by atoms with Gasteiger partial charge in [0.25, 0.3) is 0 Å². The number of para-hydroxylation sites is 2. The number of rotatable bonds is 14. The van der Waals surface area contributed by atoms with E-state index in [4.69, 9.17) is 39.9 Å². The lowest BCUT2D eigenvalue weighted by molar-refractivity contribution is 0.282. The quantitative estimate of drug-likeness (QED) is 0.0655. The lowest BCUT2D eigenvalue weighted by Crippen LogP contribution is -2.23. The second kappa shape index (κ2) is 20.9. The minimum absolute atomic E-state index is 0. The molecule has 0 aliphatic heterocycles. The fourth-order valence-electron chi connectivity index (χ4n) is 4.90.